The van der Waals surface area contributed by atoms with E-state index >= 15 is 0 Å². The van der Waals surface area contributed by atoms with E-state index in [0.717, 1.165) is 5.56 Å². The van der Waals surface area contributed by atoms with Gasteiger partial charge in [0.1, 0.15) is 43.0 Å². The van der Waals surface area contributed by atoms with Gasteiger partial charge in [0.15, 0.2) is 24.8 Å². The number of methoxy groups -OCH3 is 4. The van der Waals surface area contributed by atoms with Crippen LogP contribution in [0.25, 0.3) is 0 Å². The molecule has 1 aromatic rings. The molecule has 11 atom stereocenters. The van der Waals surface area contributed by atoms with Crippen molar-refractivity contribution in [3.8, 4) is 0 Å². The Kier molecular flexibility index (Phi) is 9.76. The smallest absolute Gasteiger partial charge is 0.312 e. The first-order valence-electron chi connectivity index (χ1n) is 14.4. The summed E-state index contributed by atoms with van der Waals surface area (Å²) in [5.41, 5.74) is -0.0542. The minimum Gasteiger partial charge on any atom is -0.455 e. The largest absolute Gasteiger partial charge is 0.455 e. The number of esters is 2. The lowest BCUT2D eigenvalue weighted by molar-refractivity contribution is -0.396. The third-order valence-electron chi connectivity index (χ3n) is 8.17. The zero-order valence-corrected chi connectivity index (χ0v) is 25.6. The van der Waals surface area contributed by atoms with Crippen molar-refractivity contribution in [2.24, 2.45) is 5.41 Å². The van der Waals surface area contributed by atoms with Crippen LogP contribution in [-0.4, -0.2) is 115 Å². The summed E-state index contributed by atoms with van der Waals surface area (Å²) in [4.78, 5) is 26.1. The Morgan fingerprint density at radius 2 is 1.63 bits per heavy atom. The number of carbonyl (C=O) groups excluding carboxylic acids is 2. The van der Waals surface area contributed by atoms with Gasteiger partial charge in [0, 0.05) is 34.0 Å². The fraction of sp³-hybridized carbons (Fsp3) is 0.733. The van der Waals surface area contributed by atoms with Crippen LogP contribution in [0.3, 0.4) is 0 Å². The van der Waals surface area contributed by atoms with Gasteiger partial charge in [-0.3, -0.25) is 9.59 Å². The summed E-state index contributed by atoms with van der Waals surface area (Å²) in [5, 5.41) is 0. The fourth-order valence-electron chi connectivity index (χ4n) is 5.97. The Hall–Kier alpha value is -2.20. The highest BCUT2D eigenvalue weighted by molar-refractivity contribution is 5.76. The molecule has 0 aliphatic carbocycles. The lowest BCUT2D eigenvalue weighted by Gasteiger charge is -2.51. The monoisotopic (exact) mass is 610 g/mol. The molecule has 0 radical (unpaired) electrons. The third kappa shape index (κ3) is 6.33. The average molecular weight is 611 g/mol. The van der Waals surface area contributed by atoms with Crippen LogP contribution in [0.2, 0.25) is 0 Å². The standard InChI is InChI=1S/C30H42O13/c1-29(2,3)28(32)42-23-21-18(14-37-26(41-21)16-11-9-8-10-12-16)43-30(13-19(31)40-25(23)30)38-15-17-20(33-4)22(34-5)24(35-6)27(36-7)39-17/h8-12,17-18,20-27H,13-15H2,1-7H3/t17-,18-,20-,21-,22+,23+,24-,25-,26-,27+,30-/m1/s1. The normalized spacial score (nSPS) is 39.5. The maximum absolute atomic E-state index is 13.2. The zero-order valence-electron chi connectivity index (χ0n) is 25.6. The molecular weight excluding hydrogens is 568 g/mol. The Morgan fingerprint density at radius 3 is 2.26 bits per heavy atom. The summed E-state index contributed by atoms with van der Waals surface area (Å²) < 4.78 is 65.8. The SMILES string of the molecule is CO[C@H]1O[C@H](CO[C@@]23CC(=O)O[C@@H]2[C@@H](OC(=O)C(C)(C)C)[C@@H]2O[C@H](c4ccccc4)OC[C@H]2O3)[C@@H](OC)[C@H](OC)[C@H]1OC. The summed E-state index contributed by atoms with van der Waals surface area (Å²) in [5.74, 6) is -2.69. The highest BCUT2D eigenvalue weighted by Gasteiger charge is 2.66. The van der Waals surface area contributed by atoms with Gasteiger partial charge in [-0.15, -0.1) is 0 Å². The molecule has 4 aliphatic rings. The number of benzene rings is 1. The van der Waals surface area contributed by atoms with E-state index in [1.54, 1.807) is 27.9 Å². The number of fused-ring (bicyclic) bond motifs is 2. The first-order valence-corrected chi connectivity index (χ1v) is 14.4. The van der Waals surface area contributed by atoms with Crippen LogP contribution in [0.5, 0.6) is 0 Å². The van der Waals surface area contributed by atoms with Gasteiger partial charge in [0.2, 0.25) is 5.79 Å². The van der Waals surface area contributed by atoms with Gasteiger partial charge < -0.3 is 52.1 Å². The molecule has 0 bridgehead atoms. The molecule has 4 aliphatic heterocycles. The second-order valence-corrected chi connectivity index (χ2v) is 12.0. The van der Waals surface area contributed by atoms with Gasteiger partial charge in [0.05, 0.1) is 18.6 Å². The van der Waals surface area contributed by atoms with Crippen LogP contribution in [-0.2, 0) is 61.7 Å². The molecule has 5 rings (SSSR count). The van der Waals surface area contributed by atoms with Crippen LogP contribution in [0.4, 0.5) is 0 Å². The Balaban J connectivity index is 1.42. The van der Waals surface area contributed by atoms with Crippen molar-refractivity contribution in [1.82, 2.24) is 0 Å². The highest BCUT2D eigenvalue weighted by Crippen LogP contribution is 2.46. The van der Waals surface area contributed by atoms with E-state index in [9.17, 15) is 9.59 Å². The maximum atomic E-state index is 13.2. The van der Waals surface area contributed by atoms with Gasteiger partial charge in [-0.05, 0) is 20.8 Å². The van der Waals surface area contributed by atoms with E-state index < -0.39 is 84.6 Å². The predicted octanol–water partition coefficient (Wildman–Crippen LogP) is 1.90. The van der Waals surface area contributed by atoms with Crippen LogP contribution in [0, 0.1) is 5.41 Å². The van der Waals surface area contributed by atoms with Crippen molar-refractivity contribution in [2.45, 2.75) is 94.4 Å². The van der Waals surface area contributed by atoms with E-state index in [1.807, 2.05) is 30.3 Å². The summed E-state index contributed by atoms with van der Waals surface area (Å²) in [6, 6.07) is 9.38. The molecular formula is C30H42O13. The Morgan fingerprint density at radius 1 is 0.930 bits per heavy atom. The van der Waals surface area contributed by atoms with E-state index in [-0.39, 0.29) is 19.6 Å². The second-order valence-electron chi connectivity index (χ2n) is 12.0. The predicted molar refractivity (Wildman–Crippen MR) is 145 cm³/mol. The van der Waals surface area contributed by atoms with Gasteiger partial charge in [-0.25, -0.2) is 0 Å². The number of ether oxygens (including phenoxy) is 11. The van der Waals surface area contributed by atoms with Crippen molar-refractivity contribution in [3.63, 3.8) is 0 Å². The van der Waals surface area contributed by atoms with Crippen molar-refractivity contribution in [1.29, 1.82) is 0 Å². The topological polar surface area (TPSA) is 136 Å². The second kappa shape index (κ2) is 13.0. The van der Waals surface area contributed by atoms with E-state index in [4.69, 9.17) is 52.1 Å². The molecule has 0 amide bonds. The molecule has 13 heteroatoms. The number of hydrogen-bond donors (Lipinski definition) is 0. The van der Waals surface area contributed by atoms with Crippen molar-refractivity contribution in [3.05, 3.63) is 35.9 Å². The minimum atomic E-state index is -1.63. The Bertz CT molecular complexity index is 1110. The quantitative estimate of drug-likeness (QED) is 0.377. The molecule has 0 saturated carbocycles. The molecule has 43 heavy (non-hydrogen) atoms. The summed E-state index contributed by atoms with van der Waals surface area (Å²) in [6.45, 7) is 5.21. The van der Waals surface area contributed by atoms with Crippen molar-refractivity contribution < 1.29 is 61.7 Å². The first-order chi connectivity index (χ1) is 20.5. The third-order valence-corrected chi connectivity index (χ3v) is 8.17. The van der Waals surface area contributed by atoms with Gasteiger partial charge in [0.25, 0.3) is 0 Å². The molecule has 0 aromatic heterocycles. The summed E-state index contributed by atoms with van der Waals surface area (Å²) in [7, 11) is 6.10. The zero-order chi connectivity index (χ0) is 30.9. The maximum Gasteiger partial charge on any atom is 0.312 e. The molecule has 13 nitrogen and oxygen atoms in total. The van der Waals surface area contributed by atoms with Gasteiger partial charge in [-0.1, -0.05) is 30.3 Å². The summed E-state index contributed by atoms with van der Waals surface area (Å²) >= 11 is 0. The highest BCUT2D eigenvalue weighted by atomic mass is 16.8. The van der Waals surface area contributed by atoms with Gasteiger partial charge in [-0.2, -0.15) is 0 Å². The Labute approximate surface area is 251 Å². The van der Waals surface area contributed by atoms with Gasteiger partial charge >= 0.3 is 11.9 Å². The van der Waals surface area contributed by atoms with E-state index in [2.05, 4.69) is 0 Å². The number of hydrogen-bond acceptors (Lipinski definition) is 13. The molecule has 4 heterocycles. The van der Waals surface area contributed by atoms with Crippen molar-refractivity contribution >= 4 is 11.9 Å². The molecule has 0 spiro atoms. The molecule has 1 aromatic carbocycles. The van der Waals surface area contributed by atoms with E-state index in [1.165, 1.54) is 21.3 Å². The average Bonchev–Trinajstić information content (AvgIpc) is 3.34. The molecule has 0 N–H and O–H groups in total. The number of rotatable bonds is 9. The lowest BCUT2D eigenvalue weighted by atomic mass is 9.90. The van der Waals surface area contributed by atoms with Crippen molar-refractivity contribution in [2.75, 3.05) is 41.7 Å². The fourth-order valence-corrected chi connectivity index (χ4v) is 5.97. The van der Waals surface area contributed by atoms with Crippen LogP contribution >= 0.6 is 0 Å². The number of carbonyl (C=O) groups is 2. The van der Waals surface area contributed by atoms with Crippen LogP contribution < -0.4 is 0 Å². The lowest BCUT2D eigenvalue weighted by Crippen LogP contribution is -2.68. The first kappa shape index (κ1) is 32.2. The van der Waals surface area contributed by atoms with Crippen LogP contribution in [0.1, 0.15) is 39.0 Å². The summed E-state index contributed by atoms with van der Waals surface area (Å²) in [6.07, 6.45) is -7.96. The molecule has 0 unspecified atom stereocenters. The molecule has 240 valence electrons. The minimum absolute atomic E-state index is 0.0907. The molecule has 4 fully saturated rings. The van der Waals surface area contributed by atoms with E-state index in [0.29, 0.717) is 0 Å². The molecule has 4 saturated heterocycles. The van der Waals surface area contributed by atoms with Crippen LogP contribution in [0.15, 0.2) is 30.3 Å².